The zero-order chi connectivity index (χ0) is 19.3. The van der Waals surface area contributed by atoms with Crippen molar-refractivity contribution >= 4 is 6.09 Å². The molecular formula is C25H33NO2. The summed E-state index contributed by atoms with van der Waals surface area (Å²) in [6.45, 7) is 0.505. The van der Waals surface area contributed by atoms with Gasteiger partial charge in [0.25, 0.3) is 0 Å². The fraction of sp³-hybridized carbons (Fsp3) is 0.640. The largest absolute Gasteiger partial charge is 0.465 e. The van der Waals surface area contributed by atoms with Gasteiger partial charge in [-0.2, -0.15) is 0 Å². The number of carbonyl (C=O) groups is 1. The molecular weight excluding hydrogens is 346 g/mol. The van der Waals surface area contributed by atoms with Crippen LogP contribution in [0.3, 0.4) is 0 Å². The Labute approximate surface area is 168 Å². The Morgan fingerprint density at radius 3 is 2.79 bits per heavy atom. The predicted octanol–water partition coefficient (Wildman–Crippen LogP) is 5.96. The van der Waals surface area contributed by atoms with Gasteiger partial charge in [0.05, 0.1) is 0 Å². The summed E-state index contributed by atoms with van der Waals surface area (Å²) in [6.07, 6.45) is 21.0. The minimum Gasteiger partial charge on any atom is -0.465 e. The van der Waals surface area contributed by atoms with Crippen LogP contribution in [-0.2, 0) is 0 Å². The molecule has 5 unspecified atom stereocenters. The lowest BCUT2D eigenvalue weighted by Crippen LogP contribution is -2.42. The second-order valence-corrected chi connectivity index (χ2v) is 9.78. The summed E-state index contributed by atoms with van der Waals surface area (Å²) < 4.78 is 0. The molecule has 0 bridgehead atoms. The van der Waals surface area contributed by atoms with Gasteiger partial charge in [-0.25, -0.2) is 4.79 Å². The van der Waals surface area contributed by atoms with Gasteiger partial charge in [0.15, 0.2) is 0 Å². The average molecular weight is 380 g/mol. The number of rotatable bonds is 2. The summed E-state index contributed by atoms with van der Waals surface area (Å²) in [5, 5.41) is 9.15. The van der Waals surface area contributed by atoms with E-state index in [0.29, 0.717) is 12.5 Å². The first-order valence-electron chi connectivity index (χ1n) is 11.4. The van der Waals surface area contributed by atoms with Gasteiger partial charge in [0.2, 0.25) is 0 Å². The second-order valence-electron chi connectivity index (χ2n) is 9.78. The molecule has 0 spiro atoms. The Morgan fingerprint density at radius 2 is 1.93 bits per heavy atom. The Kier molecular flexibility index (Phi) is 4.72. The highest BCUT2D eigenvalue weighted by Crippen LogP contribution is 2.56. The van der Waals surface area contributed by atoms with Crippen LogP contribution in [0.5, 0.6) is 0 Å². The molecule has 5 rings (SSSR count). The Balaban J connectivity index is 1.38. The summed E-state index contributed by atoms with van der Waals surface area (Å²) in [7, 11) is 1.65. The van der Waals surface area contributed by atoms with E-state index in [1.807, 2.05) is 0 Å². The zero-order valence-corrected chi connectivity index (χ0v) is 17.1. The van der Waals surface area contributed by atoms with E-state index in [1.54, 1.807) is 12.6 Å². The molecule has 1 N–H and O–H groups in total. The molecule has 3 heteroatoms. The number of carboxylic acid groups (broad SMARTS) is 1. The van der Waals surface area contributed by atoms with Crippen molar-refractivity contribution in [1.29, 1.82) is 0 Å². The van der Waals surface area contributed by atoms with E-state index >= 15 is 0 Å². The number of likely N-dealkylation sites (N-methyl/N-ethyl adjacent to an activating group) is 1. The molecule has 150 valence electrons. The molecule has 0 saturated heterocycles. The number of hydrogen-bond acceptors (Lipinski definition) is 1. The van der Waals surface area contributed by atoms with Crippen LogP contribution in [0.1, 0.15) is 57.8 Å². The van der Waals surface area contributed by atoms with Crippen molar-refractivity contribution in [3.05, 3.63) is 46.6 Å². The first-order chi connectivity index (χ1) is 13.6. The molecule has 0 aromatic rings. The molecule has 1 amide bonds. The van der Waals surface area contributed by atoms with Crippen LogP contribution in [0.2, 0.25) is 0 Å². The molecule has 0 radical (unpaired) electrons. The van der Waals surface area contributed by atoms with Crippen molar-refractivity contribution in [2.45, 2.75) is 57.8 Å². The van der Waals surface area contributed by atoms with E-state index in [1.165, 1.54) is 73.0 Å². The minimum absolute atomic E-state index is 0.505. The van der Waals surface area contributed by atoms with Gasteiger partial charge in [-0.05, 0) is 78.9 Å². The van der Waals surface area contributed by atoms with Crippen molar-refractivity contribution in [1.82, 2.24) is 4.90 Å². The van der Waals surface area contributed by atoms with Gasteiger partial charge in [0.1, 0.15) is 0 Å². The Morgan fingerprint density at radius 1 is 1.07 bits per heavy atom. The monoisotopic (exact) mass is 379 g/mol. The fourth-order valence-electron chi connectivity index (χ4n) is 7.13. The number of allylic oxidation sites excluding steroid dienone is 7. The third-order valence-corrected chi connectivity index (χ3v) is 8.38. The molecule has 0 heterocycles. The predicted molar refractivity (Wildman–Crippen MR) is 112 cm³/mol. The van der Waals surface area contributed by atoms with E-state index in [0.717, 1.165) is 30.1 Å². The molecule has 3 nitrogen and oxygen atoms in total. The number of amides is 1. The Bertz CT molecular complexity index is 786. The van der Waals surface area contributed by atoms with E-state index in [-0.39, 0.29) is 0 Å². The molecule has 28 heavy (non-hydrogen) atoms. The molecule has 3 saturated carbocycles. The van der Waals surface area contributed by atoms with Gasteiger partial charge in [-0.1, -0.05) is 49.1 Å². The molecule has 5 aliphatic carbocycles. The molecule has 3 fully saturated rings. The topological polar surface area (TPSA) is 40.5 Å². The van der Waals surface area contributed by atoms with Crippen LogP contribution in [0.15, 0.2) is 46.6 Å². The molecule has 0 aromatic heterocycles. The highest BCUT2D eigenvalue weighted by Gasteiger charge is 2.46. The van der Waals surface area contributed by atoms with Crippen LogP contribution < -0.4 is 0 Å². The average Bonchev–Trinajstić information content (AvgIpc) is 2.72. The van der Waals surface area contributed by atoms with Gasteiger partial charge in [-0.15, -0.1) is 0 Å². The normalized spacial score (nSPS) is 36.4. The maximum Gasteiger partial charge on any atom is 0.407 e. The second kappa shape index (κ2) is 7.24. The summed E-state index contributed by atoms with van der Waals surface area (Å²) in [6, 6.07) is 0. The minimum atomic E-state index is -0.855. The summed E-state index contributed by atoms with van der Waals surface area (Å²) in [5.74, 6) is 4.40. The first kappa shape index (κ1) is 18.3. The Hall–Kier alpha value is -1.77. The third-order valence-electron chi connectivity index (χ3n) is 8.38. The van der Waals surface area contributed by atoms with Crippen LogP contribution >= 0.6 is 0 Å². The summed E-state index contributed by atoms with van der Waals surface area (Å²) >= 11 is 0. The summed E-state index contributed by atoms with van der Waals surface area (Å²) in [5.41, 5.74) is 5.80. The molecule has 0 aliphatic heterocycles. The van der Waals surface area contributed by atoms with E-state index < -0.39 is 6.09 Å². The fourth-order valence-corrected chi connectivity index (χ4v) is 7.13. The van der Waals surface area contributed by atoms with Crippen LogP contribution in [0, 0.1) is 29.6 Å². The SMILES string of the molecule is CN(CC1=CC2=CC=C3C(CCC4C3CCC3CCCCC34)C2=CC1)C(=O)O. The van der Waals surface area contributed by atoms with Crippen molar-refractivity contribution in [3.8, 4) is 0 Å². The van der Waals surface area contributed by atoms with Gasteiger partial charge < -0.3 is 10.0 Å². The highest BCUT2D eigenvalue weighted by atomic mass is 16.4. The zero-order valence-electron chi connectivity index (χ0n) is 17.1. The lowest BCUT2D eigenvalue weighted by atomic mass is 9.53. The van der Waals surface area contributed by atoms with Crippen molar-refractivity contribution in [2.24, 2.45) is 29.6 Å². The standard InChI is InChI=1S/C25H33NO2/c1-26(25(27)28)15-16-6-9-20-18(14-16)8-11-24-22(20)13-12-21-19-5-3-2-4-17(19)7-10-23(21)24/h8-9,11,14,17,19,21-23H,2-7,10,12-13,15H2,1H3,(H,27,28). The maximum atomic E-state index is 11.1. The van der Waals surface area contributed by atoms with Crippen LogP contribution in [0.4, 0.5) is 4.79 Å². The lowest BCUT2D eigenvalue weighted by Gasteiger charge is -2.51. The third kappa shape index (κ3) is 3.07. The number of fused-ring (bicyclic) bond motifs is 7. The molecule has 5 aliphatic rings. The van der Waals surface area contributed by atoms with Crippen molar-refractivity contribution in [2.75, 3.05) is 13.6 Å². The highest BCUT2D eigenvalue weighted by molar-refractivity contribution is 5.65. The summed E-state index contributed by atoms with van der Waals surface area (Å²) in [4.78, 5) is 12.5. The first-order valence-corrected chi connectivity index (χ1v) is 11.4. The maximum absolute atomic E-state index is 11.1. The number of nitrogens with zero attached hydrogens (tertiary/aromatic N) is 1. The van der Waals surface area contributed by atoms with Crippen LogP contribution in [0.25, 0.3) is 0 Å². The van der Waals surface area contributed by atoms with E-state index in [9.17, 15) is 4.79 Å². The quantitative estimate of drug-likeness (QED) is 0.643. The van der Waals surface area contributed by atoms with Crippen LogP contribution in [-0.4, -0.2) is 29.7 Å². The lowest BCUT2D eigenvalue weighted by molar-refractivity contribution is 0.0442. The van der Waals surface area contributed by atoms with Gasteiger partial charge >= 0.3 is 6.09 Å². The van der Waals surface area contributed by atoms with Gasteiger partial charge in [0, 0.05) is 19.5 Å². The van der Waals surface area contributed by atoms with E-state index in [2.05, 4.69) is 24.3 Å². The molecule has 0 aromatic carbocycles. The van der Waals surface area contributed by atoms with E-state index in [4.69, 9.17) is 5.11 Å². The van der Waals surface area contributed by atoms with Gasteiger partial charge in [-0.3, -0.25) is 0 Å². The van der Waals surface area contributed by atoms with Crippen molar-refractivity contribution in [3.63, 3.8) is 0 Å². The smallest absolute Gasteiger partial charge is 0.407 e. The molecule has 5 atom stereocenters. The van der Waals surface area contributed by atoms with Crippen molar-refractivity contribution < 1.29 is 9.90 Å². The number of hydrogen-bond donors (Lipinski definition) is 1.